The molecule has 37 heavy (non-hydrogen) atoms. The second-order valence-electron chi connectivity index (χ2n) is 9.07. The Kier molecular flexibility index (Phi) is 8.00. The number of hydrogen-bond acceptors (Lipinski definition) is 2. The number of rotatable bonds is 8. The summed E-state index contributed by atoms with van der Waals surface area (Å²) in [5.74, 6) is -4.41. The second-order valence-corrected chi connectivity index (χ2v) is 15.4. The molecule has 2 aliphatic rings. The first-order valence-corrected chi connectivity index (χ1v) is 15.2. The minimum absolute atomic E-state index is 0.0220. The molecule has 2 aromatic carbocycles. The third-order valence-electron chi connectivity index (χ3n) is 6.77. The van der Waals surface area contributed by atoms with E-state index in [9.17, 15) is 9.59 Å². The monoisotopic (exact) mass is 546 g/mol. The van der Waals surface area contributed by atoms with Gasteiger partial charge in [-0.2, -0.15) is 0 Å². The molecule has 0 aromatic heterocycles. The van der Waals surface area contributed by atoms with E-state index in [-0.39, 0.29) is 32.0 Å². The molecule has 9 heteroatoms. The van der Waals surface area contributed by atoms with Gasteiger partial charge in [-0.3, -0.25) is 0 Å². The van der Waals surface area contributed by atoms with Crippen molar-refractivity contribution in [2.75, 3.05) is 0 Å². The Morgan fingerprint density at radius 3 is 1.35 bits per heavy atom. The van der Waals surface area contributed by atoms with Crippen LogP contribution in [0.5, 0.6) is 0 Å². The molecule has 0 aliphatic heterocycles. The van der Waals surface area contributed by atoms with Crippen LogP contribution in [0.4, 0.5) is 17.6 Å². The van der Waals surface area contributed by atoms with Gasteiger partial charge in [-0.25, -0.2) is 0 Å². The van der Waals surface area contributed by atoms with Crippen LogP contribution >= 0.6 is 0 Å². The Bertz CT molecular complexity index is 1240. The SMILES string of the molecule is CC(=O)NCc1ccc(F)[c]([Ti]([c]2c(F)ccc(CNC(C)=O)c2F)([CH]2C=CC=C2)[CH]2C=CC=C2)c1F. The summed E-state index contributed by atoms with van der Waals surface area (Å²) in [4.78, 5) is 23.0. The van der Waals surface area contributed by atoms with Crippen LogP contribution in [-0.4, -0.2) is 11.8 Å². The van der Waals surface area contributed by atoms with Gasteiger partial charge >= 0.3 is 217 Å². The van der Waals surface area contributed by atoms with Crippen molar-refractivity contribution < 1.29 is 43.7 Å². The van der Waals surface area contributed by atoms with Gasteiger partial charge in [-0.15, -0.1) is 0 Å². The summed E-state index contributed by atoms with van der Waals surface area (Å²) in [5.41, 5.74) is 0.0439. The quantitative estimate of drug-likeness (QED) is 0.380. The zero-order valence-electron chi connectivity index (χ0n) is 20.3. The topological polar surface area (TPSA) is 58.2 Å². The Morgan fingerprint density at radius 1 is 0.676 bits per heavy atom. The summed E-state index contributed by atoms with van der Waals surface area (Å²) in [5, 5.41) is 5.03. The van der Waals surface area contributed by atoms with E-state index in [4.69, 9.17) is 0 Å². The molecular formula is C28H26F4N2O2Ti. The molecule has 2 aliphatic carbocycles. The van der Waals surface area contributed by atoms with Crippen LogP contribution in [-0.2, 0) is 39.3 Å². The molecule has 0 spiro atoms. The molecule has 0 saturated carbocycles. The van der Waals surface area contributed by atoms with Gasteiger partial charge in [0.2, 0.25) is 0 Å². The van der Waals surface area contributed by atoms with E-state index in [0.717, 1.165) is 12.1 Å². The van der Waals surface area contributed by atoms with Gasteiger partial charge in [0.1, 0.15) is 0 Å². The molecule has 2 N–H and O–H groups in total. The predicted molar refractivity (Wildman–Crippen MR) is 131 cm³/mol. The number of benzene rings is 2. The Labute approximate surface area is 216 Å². The summed E-state index contributed by atoms with van der Waals surface area (Å²) >= 11 is -4.88. The van der Waals surface area contributed by atoms with E-state index in [1.807, 2.05) is 0 Å². The van der Waals surface area contributed by atoms with Crippen LogP contribution in [0.1, 0.15) is 25.0 Å². The molecule has 4 nitrogen and oxygen atoms in total. The molecule has 0 heterocycles. The molecule has 0 radical (unpaired) electrons. The molecule has 0 bridgehead atoms. The van der Waals surface area contributed by atoms with E-state index in [0.29, 0.717) is 0 Å². The summed E-state index contributed by atoms with van der Waals surface area (Å²) in [7, 11) is 0. The number of nitrogens with one attached hydrogen (secondary N) is 2. The van der Waals surface area contributed by atoms with Crippen LogP contribution < -0.4 is 18.4 Å². The first-order chi connectivity index (χ1) is 17.7. The number of halogens is 4. The second kappa shape index (κ2) is 11.0. The summed E-state index contributed by atoms with van der Waals surface area (Å²) < 4.78 is 62.5. The third-order valence-corrected chi connectivity index (χ3v) is 15.3. The van der Waals surface area contributed by atoms with Gasteiger partial charge in [-0.05, 0) is 0 Å². The van der Waals surface area contributed by atoms with Crippen molar-refractivity contribution in [3.05, 3.63) is 107 Å². The number of carbonyl (C=O) groups excluding carboxylic acids is 2. The molecule has 0 fully saturated rings. The zero-order chi connectivity index (χ0) is 26.7. The van der Waals surface area contributed by atoms with Crippen LogP contribution in [0.25, 0.3) is 0 Å². The van der Waals surface area contributed by atoms with Gasteiger partial charge in [-0.1, -0.05) is 0 Å². The molecule has 0 saturated heterocycles. The zero-order valence-corrected chi connectivity index (χ0v) is 21.9. The number of carbonyl (C=O) groups is 2. The number of amides is 2. The number of hydrogen-bond donors (Lipinski definition) is 2. The van der Waals surface area contributed by atoms with Crippen molar-refractivity contribution in [1.29, 1.82) is 0 Å². The summed E-state index contributed by atoms with van der Waals surface area (Å²) in [6.07, 6.45) is 13.8. The summed E-state index contributed by atoms with van der Waals surface area (Å²) in [6.45, 7) is 2.15. The average molecular weight is 546 g/mol. The Hall–Kier alpha value is -3.23. The standard InChI is InChI=1S/2C9H8F2NO.2C5H5.Ti/c2*1-6(13)12-5-7-2-3-8(10)4-9(7)11;2*1-2-4-5-3-1;/h2*2-3H,5H2,1H3,(H,12,13);2*1-5H;. The van der Waals surface area contributed by atoms with Crippen LogP contribution in [0.2, 0.25) is 8.45 Å². The molecule has 2 aromatic rings. The number of allylic oxidation sites excluding steroid dienone is 8. The average Bonchev–Trinajstić information content (AvgIpc) is 3.57. The van der Waals surface area contributed by atoms with Gasteiger partial charge in [0.25, 0.3) is 0 Å². The summed E-state index contributed by atoms with van der Waals surface area (Å²) in [6, 6.07) is 4.66. The molecular weight excluding hydrogens is 520 g/mol. The van der Waals surface area contributed by atoms with Crippen molar-refractivity contribution in [2.45, 2.75) is 35.4 Å². The Morgan fingerprint density at radius 2 is 1.03 bits per heavy atom. The van der Waals surface area contributed by atoms with Crippen LogP contribution in [0, 0.1) is 23.3 Å². The van der Waals surface area contributed by atoms with Crippen molar-refractivity contribution in [3.8, 4) is 0 Å². The maximum absolute atomic E-state index is 16.3. The first kappa shape index (κ1) is 26.8. The molecule has 0 atom stereocenters. The van der Waals surface area contributed by atoms with E-state index >= 15 is 17.6 Å². The van der Waals surface area contributed by atoms with Gasteiger partial charge in [0.15, 0.2) is 0 Å². The van der Waals surface area contributed by atoms with Crippen LogP contribution in [0.3, 0.4) is 0 Å². The fourth-order valence-electron chi connectivity index (χ4n) is 5.15. The fraction of sp³-hybridized carbons (Fsp3) is 0.214. The molecule has 0 unspecified atom stereocenters. The van der Waals surface area contributed by atoms with Crippen molar-refractivity contribution >= 4 is 19.6 Å². The molecule has 4 rings (SSSR count). The normalized spacial score (nSPS) is 15.1. The molecule has 192 valence electrons. The van der Waals surface area contributed by atoms with E-state index < -0.39 is 60.1 Å². The predicted octanol–water partition coefficient (Wildman–Crippen LogP) is 4.45. The van der Waals surface area contributed by atoms with Crippen molar-refractivity contribution in [2.24, 2.45) is 0 Å². The van der Waals surface area contributed by atoms with Crippen molar-refractivity contribution in [3.63, 3.8) is 0 Å². The van der Waals surface area contributed by atoms with E-state index in [1.165, 1.54) is 26.0 Å². The molecule has 2 amide bonds. The van der Waals surface area contributed by atoms with E-state index in [2.05, 4.69) is 10.6 Å². The van der Waals surface area contributed by atoms with E-state index in [1.54, 1.807) is 48.6 Å². The van der Waals surface area contributed by atoms with Gasteiger partial charge in [0.05, 0.1) is 0 Å². The minimum atomic E-state index is -4.88. The third kappa shape index (κ3) is 5.00. The first-order valence-electron chi connectivity index (χ1n) is 11.8. The van der Waals surface area contributed by atoms with Crippen molar-refractivity contribution in [1.82, 2.24) is 10.6 Å². The fourth-order valence-corrected chi connectivity index (χ4v) is 14.0. The Balaban J connectivity index is 2.08. The maximum atomic E-state index is 16.3. The van der Waals surface area contributed by atoms with Crippen LogP contribution in [0.15, 0.2) is 72.9 Å². The van der Waals surface area contributed by atoms with Gasteiger partial charge in [0, 0.05) is 0 Å². The van der Waals surface area contributed by atoms with Gasteiger partial charge < -0.3 is 0 Å².